The summed E-state index contributed by atoms with van der Waals surface area (Å²) in [6.07, 6.45) is 5.39. The van der Waals surface area contributed by atoms with Crippen LogP contribution in [-0.4, -0.2) is 24.9 Å². The highest BCUT2D eigenvalue weighted by Gasteiger charge is 2.39. The van der Waals surface area contributed by atoms with Crippen LogP contribution in [0.5, 0.6) is 0 Å². The zero-order valence-corrected chi connectivity index (χ0v) is 11.6. The Kier molecular flexibility index (Phi) is 6.34. The zero-order valence-electron chi connectivity index (χ0n) is 11.6. The van der Waals surface area contributed by atoms with Gasteiger partial charge in [0.15, 0.2) is 0 Å². The van der Waals surface area contributed by atoms with E-state index >= 15 is 0 Å². The number of carbonyl (C=O) groups excluding carboxylic acids is 2. The fourth-order valence-electron chi connectivity index (χ4n) is 2.36. The molecule has 0 heterocycles. The molecule has 0 spiro atoms. The molecular weight excluding hydrogens is 242 g/mol. The molecule has 5 heteroatoms. The lowest BCUT2D eigenvalue weighted by molar-refractivity contribution is -0.129. The van der Waals surface area contributed by atoms with E-state index in [9.17, 15) is 14.9 Å². The zero-order chi connectivity index (χ0) is 14.1. The van der Waals surface area contributed by atoms with Gasteiger partial charge in [0.25, 0.3) is 0 Å². The maximum Gasteiger partial charge on any atom is 0.240 e. The first-order valence-corrected chi connectivity index (χ1v) is 7.11. The lowest BCUT2D eigenvalue weighted by Crippen LogP contribution is -2.42. The smallest absolute Gasteiger partial charge is 0.240 e. The number of nitrogens with one attached hydrogen (secondary N) is 2. The maximum absolute atomic E-state index is 12.1. The summed E-state index contributed by atoms with van der Waals surface area (Å²) in [5, 5.41) is 14.7. The van der Waals surface area contributed by atoms with Crippen molar-refractivity contribution in [1.29, 1.82) is 5.26 Å². The molecule has 0 bridgehead atoms. The number of carbonyl (C=O) groups is 2. The molecule has 0 saturated heterocycles. The lowest BCUT2D eigenvalue weighted by Gasteiger charge is -2.29. The highest BCUT2D eigenvalue weighted by atomic mass is 16.2. The first-order chi connectivity index (χ1) is 9.14. The van der Waals surface area contributed by atoms with Crippen molar-refractivity contribution in [3.63, 3.8) is 0 Å². The SMILES string of the molecule is CCCNC(=O)CCNC(=O)C1(C#N)CCCCC1. The van der Waals surface area contributed by atoms with Crippen molar-refractivity contribution >= 4 is 11.8 Å². The third-order valence-electron chi connectivity index (χ3n) is 3.57. The van der Waals surface area contributed by atoms with Crippen LogP contribution in [0.3, 0.4) is 0 Å². The minimum atomic E-state index is -0.863. The molecular formula is C14H23N3O2. The van der Waals surface area contributed by atoms with Gasteiger partial charge in [-0.25, -0.2) is 0 Å². The van der Waals surface area contributed by atoms with Gasteiger partial charge >= 0.3 is 0 Å². The molecule has 0 aromatic rings. The Balaban J connectivity index is 2.34. The maximum atomic E-state index is 12.1. The predicted octanol–water partition coefficient (Wildman–Crippen LogP) is 1.49. The molecule has 5 nitrogen and oxygen atoms in total. The van der Waals surface area contributed by atoms with Gasteiger partial charge in [-0.3, -0.25) is 9.59 Å². The Hall–Kier alpha value is -1.57. The van der Waals surface area contributed by atoms with Crippen LogP contribution >= 0.6 is 0 Å². The van der Waals surface area contributed by atoms with Gasteiger partial charge in [0.2, 0.25) is 11.8 Å². The van der Waals surface area contributed by atoms with Crippen LogP contribution < -0.4 is 10.6 Å². The van der Waals surface area contributed by atoms with Crippen LogP contribution in [0, 0.1) is 16.7 Å². The van der Waals surface area contributed by atoms with E-state index in [1.54, 1.807) is 0 Å². The average Bonchev–Trinajstić information content (AvgIpc) is 2.45. The second kappa shape index (κ2) is 7.78. The molecule has 0 aromatic carbocycles. The first-order valence-electron chi connectivity index (χ1n) is 7.11. The topological polar surface area (TPSA) is 82.0 Å². The van der Waals surface area contributed by atoms with Crippen molar-refractivity contribution in [3.05, 3.63) is 0 Å². The van der Waals surface area contributed by atoms with E-state index in [-0.39, 0.29) is 18.2 Å². The normalized spacial score (nSPS) is 17.3. The van der Waals surface area contributed by atoms with Crippen molar-refractivity contribution in [2.75, 3.05) is 13.1 Å². The van der Waals surface area contributed by atoms with Crippen LogP contribution in [0.25, 0.3) is 0 Å². The van der Waals surface area contributed by atoms with Gasteiger partial charge < -0.3 is 10.6 Å². The Morgan fingerprint density at radius 2 is 1.84 bits per heavy atom. The fraction of sp³-hybridized carbons (Fsp3) is 0.786. The molecule has 0 aromatic heterocycles. The molecule has 106 valence electrons. The van der Waals surface area contributed by atoms with Crippen molar-refractivity contribution in [3.8, 4) is 6.07 Å². The van der Waals surface area contributed by atoms with Gasteiger partial charge in [-0.15, -0.1) is 0 Å². The Labute approximate surface area is 114 Å². The molecule has 1 aliphatic carbocycles. The van der Waals surface area contributed by atoms with Crippen LogP contribution in [0.1, 0.15) is 51.9 Å². The standard InChI is InChI=1S/C14H23N3O2/c1-2-9-16-12(18)6-10-17-13(19)14(11-15)7-4-3-5-8-14/h2-10H2,1H3,(H,16,18)(H,17,19). The van der Waals surface area contributed by atoms with E-state index in [4.69, 9.17) is 0 Å². The lowest BCUT2D eigenvalue weighted by atomic mass is 9.74. The minimum absolute atomic E-state index is 0.0585. The summed E-state index contributed by atoms with van der Waals surface area (Å²) >= 11 is 0. The molecule has 2 amide bonds. The molecule has 1 rings (SSSR count). The van der Waals surface area contributed by atoms with Crippen LogP contribution in [0.2, 0.25) is 0 Å². The monoisotopic (exact) mass is 265 g/mol. The summed E-state index contributed by atoms with van der Waals surface area (Å²) in [6, 6.07) is 2.18. The average molecular weight is 265 g/mol. The summed E-state index contributed by atoms with van der Waals surface area (Å²) < 4.78 is 0. The number of nitriles is 1. The summed E-state index contributed by atoms with van der Waals surface area (Å²) in [7, 11) is 0. The molecule has 19 heavy (non-hydrogen) atoms. The molecule has 0 aliphatic heterocycles. The van der Waals surface area contributed by atoms with E-state index in [2.05, 4.69) is 16.7 Å². The summed E-state index contributed by atoms with van der Waals surface area (Å²) in [4.78, 5) is 23.5. The number of hydrogen-bond donors (Lipinski definition) is 2. The second-order valence-corrected chi connectivity index (χ2v) is 5.11. The number of hydrogen-bond acceptors (Lipinski definition) is 3. The first kappa shape index (κ1) is 15.5. The van der Waals surface area contributed by atoms with E-state index < -0.39 is 5.41 Å². The van der Waals surface area contributed by atoms with Gasteiger partial charge in [-0.2, -0.15) is 5.26 Å². The number of rotatable bonds is 6. The van der Waals surface area contributed by atoms with Gasteiger partial charge in [0, 0.05) is 19.5 Å². The van der Waals surface area contributed by atoms with Crippen molar-refractivity contribution in [1.82, 2.24) is 10.6 Å². The van der Waals surface area contributed by atoms with Gasteiger partial charge in [0.1, 0.15) is 5.41 Å². The van der Waals surface area contributed by atoms with Crippen molar-refractivity contribution in [2.24, 2.45) is 5.41 Å². The quantitative estimate of drug-likeness (QED) is 0.763. The van der Waals surface area contributed by atoms with E-state index in [0.29, 0.717) is 25.9 Å². The Bertz CT molecular complexity index is 354. The molecule has 0 radical (unpaired) electrons. The minimum Gasteiger partial charge on any atom is -0.356 e. The summed E-state index contributed by atoms with van der Waals surface area (Å²) in [5.41, 5.74) is -0.863. The van der Waals surface area contributed by atoms with Crippen molar-refractivity contribution in [2.45, 2.75) is 51.9 Å². The third kappa shape index (κ3) is 4.55. The molecule has 1 saturated carbocycles. The highest BCUT2D eigenvalue weighted by molar-refractivity contribution is 5.86. The van der Waals surface area contributed by atoms with E-state index in [0.717, 1.165) is 25.7 Å². The number of amides is 2. The Morgan fingerprint density at radius 1 is 1.16 bits per heavy atom. The molecule has 2 N–H and O–H groups in total. The predicted molar refractivity (Wildman–Crippen MR) is 72.1 cm³/mol. The second-order valence-electron chi connectivity index (χ2n) is 5.11. The van der Waals surface area contributed by atoms with E-state index in [1.807, 2.05) is 6.92 Å². The third-order valence-corrected chi connectivity index (χ3v) is 3.57. The van der Waals surface area contributed by atoms with Gasteiger partial charge in [-0.05, 0) is 19.3 Å². The van der Waals surface area contributed by atoms with Gasteiger partial charge in [0.05, 0.1) is 6.07 Å². The van der Waals surface area contributed by atoms with Crippen LogP contribution in [0.15, 0.2) is 0 Å². The van der Waals surface area contributed by atoms with Crippen LogP contribution in [-0.2, 0) is 9.59 Å². The molecule has 1 fully saturated rings. The van der Waals surface area contributed by atoms with Crippen LogP contribution in [0.4, 0.5) is 0 Å². The molecule has 0 unspecified atom stereocenters. The molecule has 1 aliphatic rings. The summed E-state index contributed by atoms with van der Waals surface area (Å²) in [5.74, 6) is -0.269. The highest BCUT2D eigenvalue weighted by Crippen LogP contribution is 2.35. The van der Waals surface area contributed by atoms with Gasteiger partial charge in [-0.1, -0.05) is 26.2 Å². The van der Waals surface area contributed by atoms with E-state index in [1.165, 1.54) is 0 Å². The molecule has 0 atom stereocenters. The summed E-state index contributed by atoms with van der Waals surface area (Å²) in [6.45, 7) is 2.95. The number of nitrogens with zero attached hydrogens (tertiary/aromatic N) is 1. The Morgan fingerprint density at radius 3 is 2.42 bits per heavy atom. The largest absolute Gasteiger partial charge is 0.356 e. The van der Waals surface area contributed by atoms with Crippen molar-refractivity contribution < 1.29 is 9.59 Å². The fourth-order valence-corrected chi connectivity index (χ4v) is 2.36.